The van der Waals surface area contributed by atoms with Crippen molar-refractivity contribution in [1.29, 1.82) is 0 Å². The standard InChI is InChI=1S/C56H48N4.Pt/c1-39(2)46-25-12-13-26-47(46)40-33-34-57-54(35-40)60-50-28-15-14-27-48(50)49-32-31-44(37-53(49)60)56(41-19-8-6-9-20-41,42-21-10-7-11-22-42)43-23-18-24-45(36-43)58-38-59(55(3,4)5)52-30-17-16-29-51(52)58;/h6-35,39H,38H2,1-5H3;/q-2;+2. The molecule has 0 fully saturated rings. The minimum atomic E-state index is -0.775. The molecule has 0 aliphatic carbocycles. The van der Waals surface area contributed by atoms with Crippen molar-refractivity contribution in [3.8, 4) is 16.9 Å². The Morgan fingerprint density at radius 2 is 1.23 bits per heavy atom. The van der Waals surface area contributed by atoms with Crippen molar-refractivity contribution >= 4 is 38.9 Å². The summed E-state index contributed by atoms with van der Waals surface area (Å²) in [6.45, 7) is 12.1. The number of aromatic nitrogens is 2. The van der Waals surface area contributed by atoms with Gasteiger partial charge >= 0.3 is 21.1 Å². The van der Waals surface area contributed by atoms with Crippen molar-refractivity contribution in [2.45, 2.75) is 51.5 Å². The molecule has 10 rings (SSSR count). The molecular weight excluding hydrogens is 924 g/mol. The first-order valence-corrected chi connectivity index (χ1v) is 21.0. The maximum atomic E-state index is 5.07. The molecule has 7 aromatic carbocycles. The van der Waals surface area contributed by atoms with Crippen LogP contribution in [0.15, 0.2) is 182 Å². The summed E-state index contributed by atoms with van der Waals surface area (Å²) in [4.78, 5) is 9.96. The van der Waals surface area contributed by atoms with E-state index in [9.17, 15) is 0 Å². The number of pyridine rings is 1. The number of para-hydroxylation sites is 3. The van der Waals surface area contributed by atoms with Gasteiger partial charge in [0.1, 0.15) is 5.82 Å². The number of anilines is 3. The van der Waals surface area contributed by atoms with Gasteiger partial charge in [-0.3, -0.25) is 0 Å². The first kappa shape index (κ1) is 40.2. The van der Waals surface area contributed by atoms with Crippen molar-refractivity contribution in [2.24, 2.45) is 0 Å². The van der Waals surface area contributed by atoms with Crippen LogP contribution in [0, 0.1) is 12.1 Å². The fourth-order valence-corrected chi connectivity index (χ4v) is 9.46. The molecular formula is C56H48N4Pt. The van der Waals surface area contributed by atoms with Crippen LogP contribution in [0.4, 0.5) is 17.1 Å². The van der Waals surface area contributed by atoms with E-state index in [0.717, 1.165) is 62.4 Å². The molecule has 0 N–H and O–H groups in total. The Hall–Kier alpha value is -6.22. The van der Waals surface area contributed by atoms with Crippen LogP contribution < -0.4 is 9.80 Å². The molecule has 4 nitrogen and oxygen atoms in total. The van der Waals surface area contributed by atoms with Crippen LogP contribution in [0.1, 0.15) is 68.4 Å². The Bertz CT molecular complexity index is 2960. The second-order valence-electron chi connectivity index (χ2n) is 17.2. The summed E-state index contributed by atoms with van der Waals surface area (Å²) in [6, 6.07) is 71.7. The molecule has 0 saturated carbocycles. The molecule has 1 aliphatic heterocycles. The number of nitrogens with zero attached hydrogens (tertiary/aromatic N) is 4. The average molecular weight is 972 g/mol. The number of hydrogen-bond donors (Lipinski definition) is 0. The van der Waals surface area contributed by atoms with Gasteiger partial charge in [0.15, 0.2) is 0 Å². The minimum absolute atomic E-state index is 0. The quantitative estimate of drug-likeness (QED) is 0.112. The number of benzene rings is 7. The first-order chi connectivity index (χ1) is 29.2. The van der Waals surface area contributed by atoms with Crippen LogP contribution in [0.3, 0.4) is 0 Å². The SMILES string of the molecule is CC(C)c1ccccc1-c1ccnc(-n2c3[c-]c(C(c4[c-]c(N5CN(C(C)(C)C)c6ccccc65)ccc4)(c4ccccc4)c4ccccc4)ccc3c3ccccc32)c1.[Pt+2]. The van der Waals surface area contributed by atoms with Crippen LogP contribution in [0.5, 0.6) is 0 Å². The molecule has 0 atom stereocenters. The summed E-state index contributed by atoms with van der Waals surface area (Å²) in [5, 5.41) is 2.30. The van der Waals surface area contributed by atoms with Crippen molar-refractivity contribution < 1.29 is 21.1 Å². The Morgan fingerprint density at radius 3 is 1.95 bits per heavy atom. The van der Waals surface area contributed by atoms with Crippen LogP contribution in [-0.2, 0) is 26.5 Å². The molecule has 3 heterocycles. The number of fused-ring (bicyclic) bond motifs is 4. The largest absolute Gasteiger partial charge is 2.00 e. The van der Waals surface area contributed by atoms with Gasteiger partial charge in [-0.05, 0) is 90.2 Å². The maximum Gasteiger partial charge on any atom is 2.00 e. The van der Waals surface area contributed by atoms with Gasteiger partial charge in [-0.2, -0.15) is 36.4 Å². The third kappa shape index (κ3) is 6.78. The van der Waals surface area contributed by atoms with E-state index >= 15 is 0 Å². The van der Waals surface area contributed by atoms with Crippen molar-refractivity contribution in [2.75, 3.05) is 16.5 Å². The molecule has 0 saturated heterocycles. The summed E-state index contributed by atoms with van der Waals surface area (Å²) < 4.78 is 2.30. The topological polar surface area (TPSA) is 24.3 Å². The van der Waals surface area contributed by atoms with Gasteiger partial charge in [-0.1, -0.05) is 140 Å². The van der Waals surface area contributed by atoms with E-state index in [1.807, 2.05) is 6.20 Å². The smallest absolute Gasteiger partial charge is 0.347 e. The predicted molar refractivity (Wildman–Crippen MR) is 250 cm³/mol. The predicted octanol–water partition coefficient (Wildman–Crippen LogP) is 13.7. The van der Waals surface area contributed by atoms with Gasteiger partial charge in [0.05, 0.1) is 18.0 Å². The summed E-state index contributed by atoms with van der Waals surface area (Å²) in [7, 11) is 0. The fourth-order valence-electron chi connectivity index (χ4n) is 9.46. The molecule has 61 heavy (non-hydrogen) atoms. The minimum Gasteiger partial charge on any atom is -0.347 e. The zero-order valence-electron chi connectivity index (χ0n) is 35.2. The number of hydrogen-bond acceptors (Lipinski definition) is 3. The normalized spacial score (nSPS) is 12.9. The molecule has 5 heteroatoms. The van der Waals surface area contributed by atoms with E-state index < -0.39 is 5.41 Å². The molecule has 9 aromatic rings. The van der Waals surface area contributed by atoms with Gasteiger partial charge in [-0.15, -0.1) is 22.6 Å². The van der Waals surface area contributed by atoms with Crippen molar-refractivity contribution in [3.63, 3.8) is 0 Å². The number of rotatable bonds is 8. The van der Waals surface area contributed by atoms with E-state index in [2.05, 4.69) is 237 Å². The van der Waals surface area contributed by atoms with Gasteiger partial charge < -0.3 is 14.4 Å². The summed E-state index contributed by atoms with van der Waals surface area (Å²) >= 11 is 0. The molecule has 0 spiro atoms. The summed E-state index contributed by atoms with van der Waals surface area (Å²) in [5.74, 6) is 1.25. The molecule has 1 aliphatic rings. The third-order valence-corrected chi connectivity index (χ3v) is 12.3. The molecule has 0 radical (unpaired) electrons. The zero-order valence-corrected chi connectivity index (χ0v) is 37.5. The fraction of sp³-hybridized carbons (Fsp3) is 0.161. The Balaban J connectivity index is 0.00000476. The Kier molecular flexibility index (Phi) is 10.5. The zero-order chi connectivity index (χ0) is 41.0. The summed E-state index contributed by atoms with van der Waals surface area (Å²) in [6.07, 6.45) is 1.95. The van der Waals surface area contributed by atoms with Gasteiger partial charge in [0.2, 0.25) is 0 Å². The van der Waals surface area contributed by atoms with E-state index in [0.29, 0.717) is 5.92 Å². The second-order valence-corrected chi connectivity index (χ2v) is 17.2. The molecule has 302 valence electrons. The second kappa shape index (κ2) is 16.0. The van der Waals surface area contributed by atoms with Gasteiger partial charge in [0.25, 0.3) is 0 Å². The maximum absolute atomic E-state index is 5.07. The molecule has 0 bridgehead atoms. The van der Waals surface area contributed by atoms with Crippen LogP contribution in [0.25, 0.3) is 38.8 Å². The van der Waals surface area contributed by atoms with Crippen molar-refractivity contribution in [3.05, 3.63) is 222 Å². The Labute approximate surface area is 374 Å². The van der Waals surface area contributed by atoms with E-state index in [-0.39, 0.29) is 26.6 Å². The van der Waals surface area contributed by atoms with Crippen molar-refractivity contribution in [1.82, 2.24) is 9.55 Å². The average Bonchev–Trinajstić information content (AvgIpc) is 3.85. The summed E-state index contributed by atoms with van der Waals surface area (Å²) in [5.41, 5.74) is 12.8. The molecule has 2 aromatic heterocycles. The van der Waals surface area contributed by atoms with Gasteiger partial charge in [0, 0.05) is 22.7 Å². The third-order valence-electron chi connectivity index (χ3n) is 12.3. The van der Waals surface area contributed by atoms with Crippen LogP contribution >= 0.6 is 0 Å². The van der Waals surface area contributed by atoms with Gasteiger partial charge in [-0.25, -0.2) is 4.98 Å². The first-order valence-electron chi connectivity index (χ1n) is 21.0. The Morgan fingerprint density at radius 1 is 0.590 bits per heavy atom. The van der Waals surface area contributed by atoms with Crippen LogP contribution in [-0.4, -0.2) is 21.8 Å². The van der Waals surface area contributed by atoms with E-state index in [1.54, 1.807) is 0 Å². The molecule has 0 amide bonds. The molecule has 0 unspecified atom stereocenters. The van der Waals surface area contributed by atoms with E-state index in [4.69, 9.17) is 4.98 Å². The monoisotopic (exact) mass is 971 g/mol. The van der Waals surface area contributed by atoms with Crippen LogP contribution in [0.2, 0.25) is 0 Å². The van der Waals surface area contributed by atoms with E-state index in [1.165, 1.54) is 27.9 Å².